The molecule has 0 radical (unpaired) electrons. The monoisotopic (exact) mass is 524 g/mol. The zero-order valence-electron chi connectivity index (χ0n) is 22.3. The van der Waals surface area contributed by atoms with Gasteiger partial charge in [0, 0.05) is 23.3 Å². The minimum absolute atomic E-state index is 0.146. The number of ether oxygens (including phenoxy) is 1. The highest BCUT2D eigenvalue weighted by atomic mass is 32.1. The van der Waals surface area contributed by atoms with Crippen molar-refractivity contribution < 1.29 is 9.53 Å². The van der Waals surface area contributed by atoms with Gasteiger partial charge < -0.3 is 19.5 Å². The third-order valence-corrected chi connectivity index (χ3v) is 7.59. The van der Waals surface area contributed by atoms with Crippen molar-refractivity contribution in [3.63, 3.8) is 0 Å². The Bertz CT molecular complexity index is 1480. The molecule has 38 heavy (non-hydrogen) atoms. The lowest BCUT2D eigenvalue weighted by molar-refractivity contribution is 0.0600. The number of hydrogen-bond acceptors (Lipinski definition) is 4. The first-order valence-corrected chi connectivity index (χ1v) is 13.2. The molecule has 0 saturated carbocycles. The molecule has 4 aromatic rings. The largest absolute Gasteiger partial charge is 0.465 e. The van der Waals surface area contributed by atoms with Gasteiger partial charge in [-0.3, -0.25) is 4.98 Å². The Morgan fingerprint density at radius 1 is 1.03 bits per heavy atom. The Kier molecular flexibility index (Phi) is 7.04. The standard InChI is InChI=1S/C31H32N4O2S/c1-19(2)22-13-15-23(16-14-22)35-29(28(33-31(35)38)26-11-8-9-17-32-26)25-18-20(3)34(21(25)4)27-12-7-6-10-24(27)30(36)37-5/h6-19,28-29H,1-5H3,(H,33,38)/t28-,29+/m1/s1. The molecule has 1 saturated heterocycles. The maximum atomic E-state index is 12.6. The van der Waals surface area contributed by atoms with E-state index in [0.717, 1.165) is 34.0 Å². The maximum Gasteiger partial charge on any atom is 0.339 e. The SMILES string of the molecule is COC(=O)c1ccccc1-n1c(C)cc([C@H]2[C@@H](c3ccccn3)NC(=S)N2c2ccc(C(C)C)cc2)c1C. The zero-order chi connectivity index (χ0) is 27.0. The van der Waals surface area contributed by atoms with Crippen molar-refractivity contribution in [1.82, 2.24) is 14.9 Å². The summed E-state index contributed by atoms with van der Waals surface area (Å²) in [5.41, 5.74) is 7.68. The average molecular weight is 525 g/mol. The molecular weight excluding hydrogens is 492 g/mol. The highest BCUT2D eigenvalue weighted by Crippen LogP contribution is 2.44. The van der Waals surface area contributed by atoms with Crippen LogP contribution in [-0.4, -0.2) is 27.7 Å². The summed E-state index contributed by atoms with van der Waals surface area (Å²) in [7, 11) is 1.41. The molecule has 2 aromatic heterocycles. The van der Waals surface area contributed by atoms with Crippen molar-refractivity contribution in [1.29, 1.82) is 0 Å². The van der Waals surface area contributed by atoms with Gasteiger partial charge in [0.1, 0.15) is 0 Å². The average Bonchev–Trinajstić information content (AvgIpc) is 3.43. The van der Waals surface area contributed by atoms with Crippen LogP contribution in [0.4, 0.5) is 5.69 Å². The minimum Gasteiger partial charge on any atom is -0.465 e. The van der Waals surface area contributed by atoms with E-state index in [1.54, 1.807) is 6.07 Å². The van der Waals surface area contributed by atoms with E-state index in [9.17, 15) is 4.79 Å². The van der Waals surface area contributed by atoms with E-state index in [1.165, 1.54) is 12.7 Å². The summed E-state index contributed by atoms with van der Waals surface area (Å²) < 4.78 is 7.20. The van der Waals surface area contributed by atoms with E-state index < -0.39 is 0 Å². The first-order valence-electron chi connectivity index (χ1n) is 12.8. The third-order valence-electron chi connectivity index (χ3n) is 7.28. The van der Waals surface area contributed by atoms with Gasteiger partial charge in [-0.2, -0.15) is 0 Å². The smallest absolute Gasteiger partial charge is 0.339 e. The number of hydrogen-bond donors (Lipinski definition) is 1. The Labute approximate surface area is 229 Å². The van der Waals surface area contributed by atoms with Crippen molar-refractivity contribution in [3.05, 3.63) is 113 Å². The van der Waals surface area contributed by atoms with E-state index in [1.807, 2.05) is 42.6 Å². The van der Waals surface area contributed by atoms with Crippen LogP contribution in [0.3, 0.4) is 0 Å². The first-order chi connectivity index (χ1) is 18.3. The molecular formula is C31H32N4O2S. The number of pyridine rings is 1. The van der Waals surface area contributed by atoms with Crippen LogP contribution in [0.5, 0.6) is 0 Å². The van der Waals surface area contributed by atoms with Crippen molar-refractivity contribution in [2.45, 2.75) is 45.7 Å². The molecule has 0 bridgehead atoms. The van der Waals surface area contributed by atoms with E-state index >= 15 is 0 Å². The summed E-state index contributed by atoms with van der Waals surface area (Å²) in [4.78, 5) is 19.5. The first kappa shape index (κ1) is 25.7. The summed E-state index contributed by atoms with van der Waals surface area (Å²) in [6.07, 6.45) is 1.81. The number of carbonyl (C=O) groups excluding carboxylic acids is 1. The molecule has 2 atom stereocenters. The minimum atomic E-state index is -0.364. The highest BCUT2D eigenvalue weighted by molar-refractivity contribution is 7.80. The lowest BCUT2D eigenvalue weighted by Crippen LogP contribution is -2.29. The van der Waals surface area contributed by atoms with Crippen molar-refractivity contribution in [3.8, 4) is 5.69 Å². The molecule has 194 valence electrons. The lowest BCUT2D eigenvalue weighted by Gasteiger charge is -2.28. The van der Waals surface area contributed by atoms with Gasteiger partial charge in [-0.05, 0) is 85.6 Å². The van der Waals surface area contributed by atoms with Crippen molar-refractivity contribution in [2.75, 3.05) is 12.0 Å². The summed E-state index contributed by atoms with van der Waals surface area (Å²) >= 11 is 5.93. The van der Waals surface area contributed by atoms with Crippen molar-refractivity contribution in [2.24, 2.45) is 0 Å². The molecule has 1 aliphatic heterocycles. The Morgan fingerprint density at radius 3 is 2.39 bits per heavy atom. The number of rotatable bonds is 6. The van der Waals surface area contributed by atoms with Crippen LogP contribution in [0, 0.1) is 13.8 Å². The number of nitrogens with one attached hydrogen (secondary N) is 1. The van der Waals surface area contributed by atoms with Gasteiger partial charge in [-0.15, -0.1) is 0 Å². The van der Waals surface area contributed by atoms with Gasteiger partial charge in [-0.25, -0.2) is 4.79 Å². The molecule has 1 N–H and O–H groups in total. The van der Waals surface area contributed by atoms with Gasteiger partial charge in [0.05, 0.1) is 36.1 Å². The fraction of sp³-hybridized carbons (Fsp3) is 0.258. The van der Waals surface area contributed by atoms with Crippen LogP contribution in [0.2, 0.25) is 0 Å². The number of anilines is 1. The van der Waals surface area contributed by atoms with Crippen molar-refractivity contribution >= 4 is 29.0 Å². The van der Waals surface area contributed by atoms with Gasteiger partial charge in [0.25, 0.3) is 0 Å². The maximum absolute atomic E-state index is 12.6. The topological polar surface area (TPSA) is 59.4 Å². The van der Waals surface area contributed by atoms with Gasteiger partial charge in [0.2, 0.25) is 0 Å². The summed E-state index contributed by atoms with van der Waals surface area (Å²) in [6, 6.07) is 24.0. The fourth-order valence-electron chi connectivity index (χ4n) is 5.38. The molecule has 0 aliphatic carbocycles. The second kappa shape index (κ2) is 10.4. The van der Waals surface area contributed by atoms with Crippen LogP contribution < -0.4 is 10.2 Å². The van der Waals surface area contributed by atoms with Gasteiger partial charge in [-0.1, -0.05) is 44.2 Å². The summed E-state index contributed by atoms with van der Waals surface area (Å²) in [6.45, 7) is 8.53. The van der Waals surface area contributed by atoms with E-state index in [-0.39, 0.29) is 18.1 Å². The molecule has 0 amide bonds. The molecule has 2 aromatic carbocycles. The number of para-hydroxylation sites is 1. The predicted octanol–water partition coefficient (Wildman–Crippen LogP) is 6.58. The van der Waals surface area contributed by atoms with Crippen LogP contribution in [0.15, 0.2) is 79.0 Å². The number of aryl methyl sites for hydroxylation is 1. The Hall–Kier alpha value is -3.97. The number of aromatic nitrogens is 2. The molecule has 1 aliphatic rings. The van der Waals surface area contributed by atoms with Crippen LogP contribution in [0.1, 0.15) is 70.4 Å². The van der Waals surface area contributed by atoms with Crippen LogP contribution >= 0.6 is 12.2 Å². The Morgan fingerprint density at radius 2 is 1.74 bits per heavy atom. The number of nitrogens with zero attached hydrogens (tertiary/aromatic N) is 3. The van der Waals surface area contributed by atoms with E-state index in [2.05, 4.69) is 77.8 Å². The molecule has 6 nitrogen and oxygen atoms in total. The lowest BCUT2D eigenvalue weighted by atomic mass is 9.96. The Balaban J connectivity index is 1.68. The fourth-order valence-corrected chi connectivity index (χ4v) is 5.72. The van der Waals surface area contributed by atoms with Crippen LogP contribution in [0.25, 0.3) is 5.69 Å². The predicted molar refractivity (Wildman–Crippen MR) is 155 cm³/mol. The van der Waals surface area contributed by atoms with Gasteiger partial charge >= 0.3 is 5.97 Å². The highest BCUT2D eigenvalue weighted by Gasteiger charge is 2.42. The zero-order valence-corrected chi connectivity index (χ0v) is 23.1. The molecule has 3 heterocycles. The normalized spacial score (nSPS) is 17.1. The van der Waals surface area contributed by atoms with E-state index in [4.69, 9.17) is 17.0 Å². The molecule has 0 unspecified atom stereocenters. The summed E-state index contributed by atoms with van der Waals surface area (Å²) in [5, 5.41) is 4.21. The number of carbonyl (C=O) groups is 1. The van der Waals surface area contributed by atoms with E-state index in [0.29, 0.717) is 16.6 Å². The second-order valence-electron chi connectivity index (χ2n) is 9.91. The number of benzene rings is 2. The second-order valence-corrected chi connectivity index (χ2v) is 10.3. The number of thiocarbonyl (C=S) groups is 1. The molecule has 1 fully saturated rings. The summed E-state index contributed by atoms with van der Waals surface area (Å²) in [5.74, 6) is 0.0789. The van der Waals surface area contributed by atoms with Crippen LogP contribution in [-0.2, 0) is 4.74 Å². The molecule has 0 spiro atoms. The molecule has 7 heteroatoms. The van der Waals surface area contributed by atoms with Gasteiger partial charge in [0.15, 0.2) is 5.11 Å². The number of methoxy groups -OCH3 is 1. The number of esters is 1. The third kappa shape index (κ3) is 4.47. The quantitative estimate of drug-likeness (QED) is 0.227. The molecule has 5 rings (SSSR count).